The van der Waals surface area contributed by atoms with Crippen molar-refractivity contribution in [2.75, 3.05) is 10.5 Å². The van der Waals surface area contributed by atoms with Crippen molar-refractivity contribution in [3.63, 3.8) is 0 Å². The molecule has 0 aliphatic carbocycles. The van der Waals surface area contributed by atoms with E-state index in [2.05, 4.69) is 35.7 Å². The summed E-state index contributed by atoms with van der Waals surface area (Å²) in [5, 5.41) is 8.36. The lowest BCUT2D eigenvalue weighted by Crippen LogP contribution is -2.16. The Bertz CT molecular complexity index is 1480. The lowest BCUT2D eigenvalue weighted by molar-refractivity contribution is 0.446. The molecule has 178 valence electrons. The second-order valence-electron chi connectivity index (χ2n) is 9.56. The average molecular weight is 480 g/mol. The van der Waals surface area contributed by atoms with E-state index in [9.17, 15) is 8.42 Å². The number of rotatable bonds is 5. The van der Waals surface area contributed by atoms with Gasteiger partial charge in [-0.05, 0) is 67.1 Å². The van der Waals surface area contributed by atoms with Crippen molar-refractivity contribution in [3.8, 4) is 11.6 Å². The summed E-state index contributed by atoms with van der Waals surface area (Å²) in [6.07, 6.45) is 0. The first-order valence-corrected chi connectivity index (χ1v) is 12.4. The van der Waals surface area contributed by atoms with Crippen molar-refractivity contribution in [1.29, 1.82) is 0 Å². The Morgan fingerprint density at radius 3 is 2.26 bits per heavy atom. The zero-order valence-electron chi connectivity index (χ0n) is 20.2. The molecule has 4 rings (SSSR count). The Morgan fingerprint density at radius 1 is 0.971 bits per heavy atom. The molecule has 4 aromatic rings. The minimum absolute atomic E-state index is 0.0234. The van der Waals surface area contributed by atoms with E-state index in [1.165, 1.54) is 12.1 Å². The number of sulfonamides is 1. The zero-order valence-corrected chi connectivity index (χ0v) is 21.0. The molecule has 0 fully saturated rings. The lowest BCUT2D eigenvalue weighted by atomic mass is 9.88. The number of benzene rings is 2. The van der Waals surface area contributed by atoms with Crippen molar-refractivity contribution in [2.45, 2.75) is 51.9 Å². The molecule has 0 spiro atoms. The second kappa shape index (κ2) is 8.32. The van der Waals surface area contributed by atoms with E-state index in [0.29, 0.717) is 23.0 Å². The molecule has 0 aliphatic heterocycles. The largest absolute Gasteiger partial charge is 0.440 e. The fraction of sp³-hybridized carbons (Fsp3) is 0.280. The van der Waals surface area contributed by atoms with Gasteiger partial charge in [0.1, 0.15) is 5.75 Å². The van der Waals surface area contributed by atoms with Gasteiger partial charge in [-0.3, -0.25) is 0 Å². The molecule has 0 saturated heterocycles. The van der Waals surface area contributed by atoms with Crippen LogP contribution >= 0.6 is 0 Å². The summed E-state index contributed by atoms with van der Waals surface area (Å²) in [5.74, 6) is 1.14. The summed E-state index contributed by atoms with van der Waals surface area (Å²) in [6, 6.07) is 13.9. The average Bonchev–Trinajstić information content (AvgIpc) is 3.12. The predicted octanol–water partition coefficient (Wildman–Crippen LogP) is 5.13. The molecule has 0 saturated carbocycles. The first-order chi connectivity index (χ1) is 15.8. The predicted molar refractivity (Wildman–Crippen MR) is 134 cm³/mol. The molecule has 0 amide bonds. The van der Waals surface area contributed by atoms with Crippen molar-refractivity contribution >= 4 is 27.3 Å². The smallest absolute Gasteiger partial charge is 0.264 e. The molecule has 0 radical (unpaired) electrons. The van der Waals surface area contributed by atoms with Gasteiger partial charge in [-0.2, -0.15) is 0 Å². The molecule has 0 aliphatic rings. The number of pyridine rings is 1. The van der Waals surface area contributed by atoms with E-state index >= 15 is 0 Å². The minimum Gasteiger partial charge on any atom is -0.440 e. The standard InChI is InChI=1S/C25H29N5O3S/c1-15-10-16(2)23(17(3)11-15)33-22-13-18(25(4,5)6)12-21-27-28-24(30(21)22)29-34(31,32)20-9-7-8-19(26)14-20/h7-14H,26H2,1-6H3,(H,28,29). The highest BCUT2D eigenvalue weighted by Gasteiger charge is 2.24. The van der Waals surface area contributed by atoms with Gasteiger partial charge in [-0.15, -0.1) is 10.2 Å². The van der Waals surface area contributed by atoms with Gasteiger partial charge in [-0.1, -0.05) is 44.5 Å². The zero-order chi connectivity index (χ0) is 24.8. The van der Waals surface area contributed by atoms with Crippen LogP contribution in [0.2, 0.25) is 0 Å². The van der Waals surface area contributed by atoms with Crippen molar-refractivity contribution < 1.29 is 13.2 Å². The highest BCUT2D eigenvalue weighted by atomic mass is 32.2. The number of hydrogen-bond donors (Lipinski definition) is 2. The van der Waals surface area contributed by atoms with Crippen LogP contribution in [-0.2, 0) is 15.4 Å². The number of aromatic nitrogens is 3. The molecule has 2 aromatic heterocycles. The second-order valence-corrected chi connectivity index (χ2v) is 11.2. The topological polar surface area (TPSA) is 112 Å². The number of nitrogens with two attached hydrogens (primary N) is 1. The Hall–Kier alpha value is -3.59. The van der Waals surface area contributed by atoms with Gasteiger partial charge >= 0.3 is 0 Å². The molecule has 2 heterocycles. The van der Waals surface area contributed by atoms with Crippen LogP contribution in [0.1, 0.15) is 43.0 Å². The first-order valence-electron chi connectivity index (χ1n) is 10.9. The van der Waals surface area contributed by atoms with Crippen LogP contribution < -0.4 is 15.2 Å². The van der Waals surface area contributed by atoms with E-state index in [1.54, 1.807) is 16.5 Å². The molecule has 0 unspecified atom stereocenters. The van der Waals surface area contributed by atoms with Crippen molar-refractivity contribution in [3.05, 3.63) is 70.8 Å². The number of anilines is 2. The van der Waals surface area contributed by atoms with E-state index in [-0.39, 0.29) is 16.3 Å². The number of nitrogens with one attached hydrogen (secondary N) is 1. The number of hydrogen-bond acceptors (Lipinski definition) is 6. The Balaban J connectivity index is 1.88. The lowest BCUT2D eigenvalue weighted by Gasteiger charge is -2.21. The number of nitrogens with zero attached hydrogens (tertiary/aromatic N) is 3. The molecule has 34 heavy (non-hydrogen) atoms. The van der Waals surface area contributed by atoms with E-state index in [1.807, 2.05) is 45.0 Å². The maximum atomic E-state index is 13.0. The Labute approximate surface area is 199 Å². The summed E-state index contributed by atoms with van der Waals surface area (Å²) in [4.78, 5) is 0.0308. The summed E-state index contributed by atoms with van der Waals surface area (Å²) in [7, 11) is -3.96. The molecular formula is C25H29N5O3S. The summed E-state index contributed by atoms with van der Waals surface area (Å²) in [5.41, 5.74) is 10.5. The molecule has 3 N–H and O–H groups in total. The van der Waals surface area contributed by atoms with Gasteiger partial charge in [0.05, 0.1) is 4.90 Å². The van der Waals surface area contributed by atoms with Crippen LogP contribution in [0.15, 0.2) is 53.4 Å². The normalized spacial score (nSPS) is 12.2. The molecular weight excluding hydrogens is 450 g/mol. The monoisotopic (exact) mass is 479 g/mol. The quantitative estimate of drug-likeness (QED) is 0.384. The molecule has 9 heteroatoms. The van der Waals surface area contributed by atoms with E-state index < -0.39 is 10.0 Å². The Kier molecular flexibility index (Phi) is 5.77. The van der Waals surface area contributed by atoms with Crippen LogP contribution in [0.4, 0.5) is 11.6 Å². The van der Waals surface area contributed by atoms with Crippen LogP contribution in [0.25, 0.3) is 5.65 Å². The van der Waals surface area contributed by atoms with Crippen molar-refractivity contribution in [1.82, 2.24) is 14.6 Å². The summed E-state index contributed by atoms with van der Waals surface area (Å²) >= 11 is 0. The van der Waals surface area contributed by atoms with Crippen LogP contribution in [-0.4, -0.2) is 23.0 Å². The molecule has 8 nitrogen and oxygen atoms in total. The third-order valence-corrected chi connectivity index (χ3v) is 6.87. The first kappa shape index (κ1) is 23.6. The van der Waals surface area contributed by atoms with Gasteiger partial charge in [0.2, 0.25) is 11.8 Å². The van der Waals surface area contributed by atoms with Gasteiger partial charge in [0, 0.05) is 11.8 Å². The number of fused-ring (bicyclic) bond motifs is 1. The van der Waals surface area contributed by atoms with Crippen LogP contribution in [0, 0.1) is 20.8 Å². The molecule has 0 bridgehead atoms. The third-order valence-electron chi connectivity index (χ3n) is 5.54. The third kappa shape index (κ3) is 4.56. The number of ether oxygens (including phenoxy) is 1. The summed E-state index contributed by atoms with van der Waals surface area (Å²) < 4.78 is 36.6. The highest BCUT2D eigenvalue weighted by molar-refractivity contribution is 7.92. The maximum Gasteiger partial charge on any atom is 0.264 e. The van der Waals surface area contributed by atoms with Gasteiger partial charge in [0.15, 0.2) is 5.65 Å². The summed E-state index contributed by atoms with van der Waals surface area (Å²) in [6.45, 7) is 12.3. The maximum absolute atomic E-state index is 13.0. The van der Waals surface area contributed by atoms with Gasteiger partial charge < -0.3 is 10.5 Å². The fourth-order valence-electron chi connectivity index (χ4n) is 3.85. The van der Waals surface area contributed by atoms with Crippen LogP contribution in [0.5, 0.6) is 11.6 Å². The van der Waals surface area contributed by atoms with E-state index in [0.717, 1.165) is 22.3 Å². The van der Waals surface area contributed by atoms with Crippen molar-refractivity contribution in [2.24, 2.45) is 0 Å². The SMILES string of the molecule is Cc1cc(C)c(Oc2cc(C(C)(C)C)cc3nnc(NS(=O)(=O)c4cccc(N)c4)n23)c(C)c1. The van der Waals surface area contributed by atoms with Gasteiger partial charge in [-0.25, -0.2) is 17.5 Å². The highest BCUT2D eigenvalue weighted by Crippen LogP contribution is 2.35. The van der Waals surface area contributed by atoms with Gasteiger partial charge in [0.25, 0.3) is 10.0 Å². The van der Waals surface area contributed by atoms with E-state index in [4.69, 9.17) is 10.5 Å². The minimum atomic E-state index is -3.96. The van der Waals surface area contributed by atoms with Crippen LogP contribution in [0.3, 0.4) is 0 Å². The Morgan fingerprint density at radius 2 is 1.65 bits per heavy atom. The number of nitrogen functional groups attached to an aromatic ring is 1. The fourth-order valence-corrected chi connectivity index (χ4v) is 4.89. The molecule has 2 aromatic carbocycles. The number of aryl methyl sites for hydroxylation is 3. The molecule has 0 atom stereocenters.